The van der Waals surface area contributed by atoms with Crippen molar-refractivity contribution in [3.8, 4) is 0 Å². The van der Waals surface area contributed by atoms with Crippen molar-refractivity contribution in [1.29, 1.82) is 0 Å². The average molecular weight is 324 g/mol. The normalized spacial score (nSPS) is 27.0. The van der Waals surface area contributed by atoms with E-state index in [4.69, 9.17) is 0 Å². The van der Waals surface area contributed by atoms with Crippen LogP contribution in [0.25, 0.3) is 0 Å². The van der Waals surface area contributed by atoms with Gasteiger partial charge in [-0.15, -0.1) is 0 Å². The fourth-order valence-corrected chi connectivity index (χ4v) is 3.38. The van der Waals surface area contributed by atoms with Gasteiger partial charge in [-0.3, -0.25) is 0 Å². The van der Waals surface area contributed by atoms with Gasteiger partial charge in [-0.05, 0) is 54.1 Å². The summed E-state index contributed by atoms with van der Waals surface area (Å²) in [7, 11) is 0. The summed E-state index contributed by atoms with van der Waals surface area (Å²) >= 11 is 3.55. The molecule has 1 N–H and O–H groups in total. The van der Waals surface area contributed by atoms with E-state index in [1.165, 1.54) is 30.6 Å². The molecule has 2 atom stereocenters. The first kappa shape index (κ1) is 13.4. The van der Waals surface area contributed by atoms with Crippen molar-refractivity contribution in [2.75, 3.05) is 11.4 Å². The highest BCUT2D eigenvalue weighted by molar-refractivity contribution is 9.10. The lowest BCUT2D eigenvalue weighted by atomic mass is 10.1. The maximum atomic E-state index is 4.68. The molecule has 1 aliphatic heterocycles. The summed E-state index contributed by atoms with van der Waals surface area (Å²) in [6.07, 6.45) is 5.85. The zero-order chi connectivity index (χ0) is 13.4. The maximum absolute atomic E-state index is 4.68. The molecule has 2 fully saturated rings. The van der Waals surface area contributed by atoms with Crippen LogP contribution in [-0.4, -0.2) is 23.6 Å². The standard InChI is InChI=1S/C15H22BrN3/c1-10-5-11(2)19(9-10)15-12(6-13(16)8-18-15)7-17-14-3-4-14/h6,8,10-11,14,17H,3-5,7,9H2,1-2H3. The minimum absolute atomic E-state index is 0.600. The second-order valence-corrected chi connectivity index (χ2v) is 7.05. The summed E-state index contributed by atoms with van der Waals surface area (Å²) in [6.45, 7) is 6.71. The molecule has 1 saturated heterocycles. The number of nitrogens with one attached hydrogen (secondary N) is 1. The SMILES string of the molecule is CC1CC(C)N(c2ncc(Br)cc2CNC2CC2)C1. The van der Waals surface area contributed by atoms with Crippen LogP contribution in [0.5, 0.6) is 0 Å². The molecule has 0 amide bonds. The highest BCUT2D eigenvalue weighted by atomic mass is 79.9. The Morgan fingerprint density at radius 3 is 2.84 bits per heavy atom. The van der Waals surface area contributed by atoms with Crippen molar-refractivity contribution in [2.24, 2.45) is 5.92 Å². The average Bonchev–Trinajstić information content (AvgIpc) is 3.12. The molecule has 4 heteroatoms. The van der Waals surface area contributed by atoms with Gasteiger partial charge in [-0.2, -0.15) is 0 Å². The Kier molecular flexibility index (Phi) is 3.81. The Bertz CT molecular complexity index is 459. The van der Waals surface area contributed by atoms with E-state index >= 15 is 0 Å². The molecule has 0 bridgehead atoms. The number of pyridine rings is 1. The Balaban J connectivity index is 1.81. The van der Waals surface area contributed by atoms with Gasteiger partial charge in [0.2, 0.25) is 0 Å². The highest BCUT2D eigenvalue weighted by Crippen LogP contribution is 2.31. The van der Waals surface area contributed by atoms with Crippen molar-refractivity contribution in [3.05, 3.63) is 22.3 Å². The van der Waals surface area contributed by atoms with E-state index in [2.05, 4.69) is 51.0 Å². The summed E-state index contributed by atoms with van der Waals surface area (Å²) in [6, 6.07) is 3.55. The van der Waals surface area contributed by atoms with E-state index in [0.717, 1.165) is 29.5 Å². The predicted molar refractivity (Wildman–Crippen MR) is 82.4 cm³/mol. The van der Waals surface area contributed by atoms with Gasteiger partial charge in [0.15, 0.2) is 0 Å². The first-order valence-electron chi connectivity index (χ1n) is 7.28. The lowest BCUT2D eigenvalue weighted by Gasteiger charge is -2.25. The number of hydrogen-bond donors (Lipinski definition) is 1. The molecule has 1 aromatic heterocycles. The van der Waals surface area contributed by atoms with Crippen LogP contribution < -0.4 is 10.2 Å². The largest absolute Gasteiger partial charge is 0.353 e. The van der Waals surface area contributed by atoms with Gasteiger partial charge >= 0.3 is 0 Å². The summed E-state index contributed by atoms with van der Waals surface area (Å²) in [5.74, 6) is 1.94. The lowest BCUT2D eigenvalue weighted by molar-refractivity contribution is 0.624. The number of aromatic nitrogens is 1. The van der Waals surface area contributed by atoms with E-state index in [-0.39, 0.29) is 0 Å². The summed E-state index contributed by atoms with van der Waals surface area (Å²) in [4.78, 5) is 7.16. The predicted octanol–water partition coefficient (Wildman–Crippen LogP) is 3.33. The van der Waals surface area contributed by atoms with E-state index in [1.54, 1.807) is 0 Å². The number of nitrogens with zero attached hydrogens (tertiary/aromatic N) is 2. The van der Waals surface area contributed by atoms with Crippen LogP contribution in [0.3, 0.4) is 0 Å². The smallest absolute Gasteiger partial charge is 0.133 e. The quantitative estimate of drug-likeness (QED) is 0.921. The number of anilines is 1. The van der Waals surface area contributed by atoms with Crippen LogP contribution in [-0.2, 0) is 6.54 Å². The fraction of sp³-hybridized carbons (Fsp3) is 0.667. The van der Waals surface area contributed by atoms with Gasteiger partial charge < -0.3 is 10.2 Å². The Morgan fingerprint density at radius 1 is 1.42 bits per heavy atom. The van der Waals surface area contributed by atoms with Crippen molar-refractivity contribution in [2.45, 2.75) is 51.7 Å². The van der Waals surface area contributed by atoms with Crippen molar-refractivity contribution in [3.63, 3.8) is 0 Å². The van der Waals surface area contributed by atoms with Gasteiger partial charge in [0.25, 0.3) is 0 Å². The van der Waals surface area contributed by atoms with E-state index in [1.807, 2.05) is 6.20 Å². The Morgan fingerprint density at radius 2 is 2.21 bits per heavy atom. The molecule has 2 aliphatic rings. The molecule has 0 radical (unpaired) electrons. The second-order valence-electron chi connectivity index (χ2n) is 6.13. The summed E-state index contributed by atoms with van der Waals surface area (Å²) < 4.78 is 1.07. The number of halogens is 1. The molecular formula is C15H22BrN3. The van der Waals surface area contributed by atoms with Crippen molar-refractivity contribution in [1.82, 2.24) is 10.3 Å². The summed E-state index contributed by atoms with van der Waals surface area (Å²) in [5.41, 5.74) is 1.32. The van der Waals surface area contributed by atoms with Crippen LogP contribution in [0.2, 0.25) is 0 Å². The van der Waals surface area contributed by atoms with Crippen LogP contribution in [0.15, 0.2) is 16.7 Å². The minimum atomic E-state index is 0.600. The van der Waals surface area contributed by atoms with Gasteiger partial charge in [-0.1, -0.05) is 6.92 Å². The lowest BCUT2D eigenvalue weighted by Crippen LogP contribution is -2.29. The second kappa shape index (κ2) is 5.41. The Hall–Kier alpha value is -0.610. The molecule has 3 nitrogen and oxygen atoms in total. The summed E-state index contributed by atoms with van der Waals surface area (Å²) in [5, 5.41) is 3.60. The van der Waals surface area contributed by atoms with Crippen molar-refractivity contribution < 1.29 is 0 Å². The third-order valence-corrected chi connectivity index (χ3v) is 4.56. The molecule has 104 valence electrons. The topological polar surface area (TPSA) is 28.2 Å². The van der Waals surface area contributed by atoms with Gasteiger partial charge in [-0.25, -0.2) is 4.98 Å². The van der Waals surface area contributed by atoms with Crippen LogP contribution >= 0.6 is 15.9 Å². The molecule has 0 aromatic carbocycles. The van der Waals surface area contributed by atoms with Gasteiger partial charge in [0.1, 0.15) is 5.82 Å². The van der Waals surface area contributed by atoms with E-state index < -0.39 is 0 Å². The van der Waals surface area contributed by atoms with E-state index in [0.29, 0.717) is 6.04 Å². The molecule has 3 rings (SSSR count). The molecule has 0 spiro atoms. The van der Waals surface area contributed by atoms with Gasteiger partial charge in [0, 0.05) is 41.4 Å². The Labute approximate surface area is 123 Å². The monoisotopic (exact) mass is 323 g/mol. The number of hydrogen-bond acceptors (Lipinski definition) is 3. The number of rotatable bonds is 4. The van der Waals surface area contributed by atoms with Crippen molar-refractivity contribution >= 4 is 21.7 Å². The molecule has 1 aromatic rings. The molecular weight excluding hydrogens is 302 g/mol. The van der Waals surface area contributed by atoms with Crippen LogP contribution in [0.1, 0.15) is 38.7 Å². The first-order chi connectivity index (χ1) is 9.13. The van der Waals surface area contributed by atoms with Gasteiger partial charge in [0.05, 0.1) is 0 Å². The highest BCUT2D eigenvalue weighted by Gasteiger charge is 2.29. The molecule has 2 heterocycles. The van der Waals surface area contributed by atoms with Crippen LogP contribution in [0.4, 0.5) is 5.82 Å². The molecule has 1 aliphatic carbocycles. The zero-order valence-corrected chi connectivity index (χ0v) is 13.3. The van der Waals surface area contributed by atoms with E-state index in [9.17, 15) is 0 Å². The zero-order valence-electron chi connectivity index (χ0n) is 11.7. The molecule has 19 heavy (non-hydrogen) atoms. The maximum Gasteiger partial charge on any atom is 0.133 e. The fourth-order valence-electron chi connectivity index (χ4n) is 3.00. The van der Waals surface area contributed by atoms with Crippen LogP contribution in [0, 0.1) is 5.92 Å². The third kappa shape index (κ3) is 3.11. The minimum Gasteiger partial charge on any atom is -0.353 e. The third-order valence-electron chi connectivity index (χ3n) is 4.12. The first-order valence-corrected chi connectivity index (χ1v) is 8.07. The molecule has 1 saturated carbocycles. The molecule has 2 unspecified atom stereocenters.